The number of fused-ring (bicyclic) bond motifs is 2. The number of hydrogen-bond donors (Lipinski definition) is 1. The summed E-state index contributed by atoms with van der Waals surface area (Å²) in [5.41, 5.74) is 1.82. The number of carbonyl (C=O) groups excluding carboxylic acids is 1. The molecule has 0 aliphatic carbocycles. The van der Waals surface area contributed by atoms with E-state index in [1.807, 2.05) is 23.1 Å². The second-order valence-electron chi connectivity index (χ2n) is 5.90. The monoisotopic (exact) mass is 352 g/mol. The first kappa shape index (κ1) is 16.3. The Labute approximate surface area is 146 Å². The molecule has 2 aromatic rings. The van der Waals surface area contributed by atoms with Crippen molar-refractivity contribution in [1.29, 1.82) is 0 Å². The number of nitrogens with zero attached hydrogens (tertiary/aromatic N) is 3. The van der Waals surface area contributed by atoms with Crippen molar-refractivity contribution in [2.45, 2.75) is 18.4 Å². The second kappa shape index (κ2) is 6.15. The summed E-state index contributed by atoms with van der Waals surface area (Å²) in [5.74, 6) is 0.206. The molecule has 0 bridgehead atoms. The van der Waals surface area contributed by atoms with Gasteiger partial charge in [-0.1, -0.05) is 29.8 Å². The zero-order valence-corrected chi connectivity index (χ0v) is 14.1. The smallest absolute Gasteiger partial charge is 0.239 e. The highest BCUT2D eigenvalue weighted by Gasteiger charge is 2.51. The van der Waals surface area contributed by atoms with Gasteiger partial charge in [0.2, 0.25) is 5.91 Å². The standard InChI is InChI=1S/C16H17ClN4O.ClH/c17-12-9-19-20(10-12)7-8-21-14-4-2-1-3-13(14)16(15(21)22)5-6-18-11-16;/h1-4,9-10,18H,5-8,11H2;1H. The van der Waals surface area contributed by atoms with Crippen molar-refractivity contribution < 1.29 is 4.79 Å². The summed E-state index contributed by atoms with van der Waals surface area (Å²) in [5, 5.41) is 8.14. The van der Waals surface area contributed by atoms with Gasteiger partial charge in [0.15, 0.2) is 0 Å². The van der Waals surface area contributed by atoms with Crippen LogP contribution < -0.4 is 10.2 Å². The summed E-state index contributed by atoms with van der Waals surface area (Å²) in [6, 6.07) is 8.13. The van der Waals surface area contributed by atoms with Gasteiger partial charge >= 0.3 is 0 Å². The summed E-state index contributed by atoms with van der Waals surface area (Å²) in [7, 11) is 0. The lowest BCUT2D eigenvalue weighted by atomic mass is 9.81. The predicted octanol–water partition coefficient (Wildman–Crippen LogP) is 2.24. The highest BCUT2D eigenvalue weighted by atomic mass is 35.5. The van der Waals surface area contributed by atoms with E-state index in [2.05, 4.69) is 16.5 Å². The fraction of sp³-hybridized carbons (Fsp3) is 0.375. The molecule has 0 radical (unpaired) electrons. The van der Waals surface area contributed by atoms with E-state index < -0.39 is 0 Å². The molecule has 2 aliphatic heterocycles. The Morgan fingerprint density at radius 3 is 2.83 bits per heavy atom. The number of amides is 1. The van der Waals surface area contributed by atoms with Crippen LogP contribution in [0.3, 0.4) is 0 Å². The van der Waals surface area contributed by atoms with Crippen molar-refractivity contribution in [1.82, 2.24) is 15.1 Å². The number of para-hydroxylation sites is 1. The van der Waals surface area contributed by atoms with Crippen molar-refractivity contribution in [2.24, 2.45) is 0 Å². The molecule has 4 rings (SSSR count). The number of halogens is 2. The van der Waals surface area contributed by atoms with E-state index in [1.165, 1.54) is 0 Å². The van der Waals surface area contributed by atoms with Crippen LogP contribution in [0.1, 0.15) is 12.0 Å². The van der Waals surface area contributed by atoms with Gasteiger partial charge in [0.1, 0.15) is 0 Å². The van der Waals surface area contributed by atoms with Crippen LogP contribution in [0.25, 0.3) is 0 Å². The van der Waals surface area contributed by atoms with E-state index in [0.29, 0.717) is 18.1 Å². The molecule has 1 fully saturated rings. The molecule has 0 saturated carbocycles. The second-order valence-corrected chi connectivity index (χ2v) is 6.34. The summed E-state index contributed by atoms with van der Waals surface area (Å²) in [4.78, 5) is 14.9. The Balaban J connectivity index is 0.00000156. The molecule has 1 N–H and O–H groups in total. The molecule has 1 unspecified atom stereocenters. The fourth-order valence-corrected chi connectivity index (χ4v) is 3.74. The van der Waals surface area contributed by atoms with Crippen LogP contribution in [0.5, 0.6) is 0 Å². The molecule has 23 heavy (non-hydrogen) atoms. The maximum absolute atomic E-state index is 13.0. The minimum absolute atomic E-state index is 0. The highest BCUT2D eigenvalue weighted by molar-refractivity contribution is 6.30. The minimum atomic E-state index is -0.377. The van der Waals surface area contributed by atoms with E-state index in [4.69, 9.17) is 11.6 Å². The van der Waals surface area contributed by atoms with E-state index in [-0.39, 0.29) is 23.7 Å². The Bertz CT molecular complexity index is 724. The van der Waals surface area contributed by atoms with Gasteiger partial charge in [0, 0.05) is 25.0 Å². The molecular weight excluding hydrogens is 335 g/mol. The van der Waals surface area contributed by atoms with Crippen LogP contribution in [0, 0.1) is 0 Å². The third-order valence-corrected chi connectivity index (χ3v) is 4.87. The lowest BCUT2D eigenvalue weighted by molar-refractivity contribution is -0.122. The van der Waals surface area contributed by atoms with Gasteiger partial charge in [0.05, 0.1) is 23.2 Å². The first-order valence-corrected chi connectivity index (χ1v) is 7.89. The van der Waals surface area contributed by atoms with Gasteiger partial charge in [-0.15, -0.1) is 12.4 Å². The van der Waals surface area contributed by atoms with E-state index in [9.17, 15) is 4.79 Å². The first-order valence-electron chi connectivity index (χ1n) is 7.51. The number of nitrogens with one attached hydrogen (secondary N) is 1. The Kier molecular flexibility index (Phi) is 4.36. The molecule has 1 spiro atoms. The quantitative estimate of drug-likeness (QED) is 0.921. The van der Waals surface area contributed by atoms with Crippen LogP contribution in [0.15, 0.2) is 36.7 Å². The predicted molar refractivity (Wildman–Crippen MR) is 92.4 cm³/mol. The third kappa shape index (κ3) is 2.53. The van der Waals surface area contributed by atoms with Gasteiger partial charge < -0.3 is 10.2 Å². The van der Waals surface area contributed by atoms with E-state index in [1.54, 1.807) is 17.1 Å². The van der Waals surface area contributed by atoms with Crippen LogP contribution >= 0.6 is 24.0 Å². The number of rotatable bonds is 3. The SMILES string of the molecule is Cl.O=C1N(CCn2cc(Cl)cn2)c2ccccc2C12CCNC2. The highest BCUT2D eigenvalue weighted by Crippen LogP contribution is 2.45. The maximum atomic E-state index is 13.0. The van der Waals surface area contributed by atoms with Gasteiger partial charge in [-0.05, 0) is 24.6 Å². The Morgan fingerprint density at radius 2 is 2.13 bits per heavy atom. The van der Waals surface area contributed by atoms with Crippen LogP contribution in [-0.4, -0.2) is 35.3 Å². The average Bonchev–Trinajstić information content (AvgIpc) is 3.22. The molecule has 3 heterocycles. The topological polar surface area (TPSA) is 50.2 Å². The van der Waals surface area contributed by atoms with Crippen molar-refractivity contribution in [3.05, 3.63) is 47.2 Å². The van der Waals surface area contributed by atoms with Gasteiger partial charge in [0.25, 0.3) is 0 Å². The normalized spacial score (nSPS) is 22.5. The molecule has 2 aliphatic rings. The number of aromatic nitrogens is 2. The molecule has 122 valence electrons. The zero-order valence-electron chi connectivity index (χ0n) is 12.5. The number of carbonyl (C=O) groups is 1. The summed E-state index contributed by atoms with van der Waals surface area (Å²) >= 11 is 5.89. The first-order chi connectivity index (χ1) is 10.7. The van der Waals surface area contributed by atoms with Gasteiger partial charge in [-0.3, -0.25) is 9.48 Å². The largest absolute Gasteiger partial charge is 0.315 e. The molecule has 1 saturated heterocycles. The van der Waals surface area contributed by atoms with E-state index in [0.717, 1.165) is 30.8 Å². The third-order valence-electron chi connectivity index (χ3n) is 4.67. The summed E-state index contributed by atoms with van der Waals surface area (Å²) < 4.78 is 1.77. The zero-order chi connectivity index (χ0) is 15.2. The van der Waals surface area contributed by atoms with Crippen molar-refractivity contribution in [3.63, 3.8) is 0 Å². The number of benzene rings is 1. The van der Waals surface area contributed by atoms with Crippen LogP contribution in [-0.2, 0) is 16.8 Å². The molecule has 1 atom stereocenters. The number of hydrogen-bond acceptors (Lipinski definition) is 3. The Morgan fingerprint density at radius 1 is 1.30 bits per heavy atom. The van der Waals surface area contributed by atoms with Crippen LogP contribution in [0.2, 0.25) is 5.02 Å². The molecule has 1 amide bonds. The fourth-order valence-electron chi connectivity index (χ4n) is 3.59. The van der Waals surface area contributed by atoms with Crippen molar-refractivity contribution in [2.75, 3.05) is 24.5 Å². The lowest BCUT2D eigenvalue weighted by Crippen LogP contribution is -2.43. The Hall–Kier alpha value is -1.56. The molecule has 1 aromatic carbocycles. The summed E-state index contributed by atoms with van der Waals surface area (Å²) in [6.45, 7) is 2.86. The number of anilines is 1. The molecule has 7 heteroatoms. The molecular formula is C16H18Cl2N4O. The molecule has 5 nitrogen and oxygen atoms in total. The van der Waals surface area contributed by atoms with Crippen molar-refractivity contribution in [3.8, 4) is 0 Å². The molecule has 1 aromatic heterocycles. The van der Waals surface area contributed by atoms with Gasteiger partial charge in [-0.25, -0.2) is 0 Å². The summed E-state index contributed by atoms with van der Waals surface area (Å²) in [6.07, 6.45) is 4.26. The van der Waals surface area contributed by atoms with E-state index >= 15 is 0 Å². The minimum Gasteiger partial charge on any atom is -0.315 e. The van der Waals surface area contributed by atoms with Gasteiger partial charge in [-0.2, -0.15) is 5.10 Å². The maximum Gasteiger partial charge on any atom is 0.239 e. The lowest BCUT2D eigenvalue weighted by Gasteiger charge is -2.22. The van der Waals surface area contributed by atoms with Crippen LogP contribution in [0.4, 0.5) is 5.69 Å². The average molecular weight is 353 g/mol. The van der Waals surface area contributed by atoms with Crippen molar-refractivity contribution >= 4 is 35.6 Å².